The minimum atomic E-state index is -0.0750. The number of rotatable bonds is 2. The molecule has 1 amide bonds. The van der Waals surface area contributed by atoms with Gasteiger partial charge in [0.15, 0.2) is 0 Å². The molecule has 3 rings (SSSR count). The molecule has 4 nitrogen and oxygen atoms in total. The molecule has 1 fully saturated rings. The maximum Gasteiger partial charge on any atom is 0.243 e. The van der Waals surface area contributed by atoms with Crippen molar-refractivity contribution in [3.05, 3.63) is 54.4 Å². The molecule has 19 heavy (non-hydrogen) atoms. The quantitative estimate of drug-likeness (QED) is 0.842. The molecule has 0 saturated carbocycles. The molecule has 1 aromatic heterocycles. The third kappa shape index (κ3) is 2.21. The van der Waals surface area contributed by atoms with Gasteiger partial charge in [-0.05, 0) is 18.6 Å². The minimum Gasteiger partial charge on any atom is -0.273 e. The van der Waals surface area contributed by atoms with E-state index in [1.54, 1.807) is 35.1 Å². The lowest BCUT2D eigenvalue weighted by Crippen LogP contribution is -2.31. The van der Waals surface area contributed by atoms with Gasteiger partial charge in [0.1, 0.15) is 5.37 Å². The van der Waals surface area contributed by atoms with Crippen molar-refractivity contribution >= 4 is 23.6 Å². The lowest BCUT2D eigenvalue weighted by Gasteiger charge is -2.21. The number of amides is 1. The summed E-state index contributed by atoms with van der Waals surface area (Å²) in [5.74, 6) is 0.531. The van der Waals surface area contributed by atoms with Gasteiger partial charge in [-0.25, -0.2) is 9.97 Å². The van der Waals surface area contributed by atoms with Gasteiger partial charge in [0.25, 0.3) is 0 Å². The predicted octanol–water partition coefficient (Wildman–Crippen LogP) is 2.64. The molecule has 0 spiro atoms. The predicted molar refractivity (Wildman–Crippen MR) is 75.8 cm³/mol. The minimum absolute atomic E-state index is 0.0499. The van der Waals surface area contributed by atoms with Crippen LogP contribution in [0.5, 0.6) is 0 Å². The van der Waals surface area contributed by atoms with E-state index in [9.17, 15) is 4.79 Å². The van der Waals surface area contributed by atoms with E-state index in [-0.39, 0.29) is 16.5 Å². The first-order valence-electron chi connectivity index (χ1n) is 6.08. The molecule has 1 aliphatic rings. The lowest BCUT2D eigenvalue weighted by atomic mass is 10.2. The van der Waals surface area contributed by atoms with Crippen molar-refractivity contribution in [1.82, 2.24) is 9.97 Å². The molecular formula is C14H13N3OS. The van der Waals surface area contributed by atoms with Gasteiger partial charge in [0, 0.05) is 12.4 Å². The Balaban J connectivity index is 2.02. The summed E-state index contributed by atoms with van der Waals surface area (Å²) in [7, 11) is 0. The van der Waals surface area contributed by atoms with Gasteiger partial charge in [-0.15, -0.1) is 11.8 Å². The highest BCUT2D eigenvalue weighted by Crippen LogP contribution is 2.44. The van der Waals surface area contributed by atoms with Crippen molar-refractivity contribution in [3.63, 3.8) is 0 Å². The van der Waals surface area contributed by atoms with Crippen LogP contribution in [0.25, 0.3) is 0 Å². The molecular weight excluding hydrogens is 258 g/mol. The van der Waals surface area contributed by atoms with Crippen molar-refractivity contribution in [2.24, 2.45) is 0 Å². The molecule has 2 unspecified atom stereocenters. The lowest BCUT2D eigenvalue weighted by molar-refractivity contribution is -0.117. The summed E-state index contributed by atoms with van der Waals surface area (Å²) in [6, 6.07) is 11.7. The van der Waals surface area contributed by atoms with E-state index in [0.29, 0.717) is 5.95 Å². The second-order valence-electron chi connectivity index (χ2n) is 4.30. The topological polar surface area (TPSA) is 46.1 Å². The average Bonchev–Trinajstić information content (AvgIpc) is 2.77. The standard InChI is InChI=1S/C14H13N3OS/c1-10-12(18)17(14-15-8-5-9-16-14)13(19-10)11-6-3-2-4-7-11/h2-10,13H,1H3. The van der Waals surface area contributed by atoms with Gasteiger partial charge in [-0.3, -0.25) is 9.69 Å². The normalized spacial score (nSPS) is 22.8. The van der Waals surface area contributed by atoms with Crippen LogP contribution < -0.4 is 4.90 Å². The van der Waals surface area contributed by atoms with Crippen LogP contribution >= 0.6 is 11.8 Å². The Morgan fingerprint density at radius 3 is 2.47 bits per heavy atom. The van der Waals surface area contributed by atoms with Crippen molar-refractivity contribution < 1.29 is 4.79 Å². The Morgan fingerprint density at radius 2 is 1.79 bits per heavy atom. The Hall–Kier alpha value is -1.88. The summed E-state index contributed by atoms with van der Waals surface area (Å²) in [5, 5.41) is -0.125. The fraction of sp³-hybridized carbons (Fsp3) is 0.214. The number of hydrogen-bond donors (Lipinski definition) is 0. The van der Waals surface area contributed by atoms with E-state index >= 15 is 0 Å². The maximum atomic E-state index is 12.3. The fourth-order valence-corrected chi connectivity index (χ4v) is 3.34. The van der Waals surface area contributed by atoms with Crippen LogP contribution in [0, 0.1) is 0 Å². The van der Waals surface area contributed by atoms with E-state index < -0.39 is 0 Å². The molecule has 0 N–H and O–H groups in total. The smallest absolute Gasteiger partial charge is 0.243 e. The highest BCUT2D eigenvalue weighted by atomic mass is 32.2. The van der Waals surface area contributed by atoms with Crippen molar-refractivity contribution in [3.8, 4) is 0 Å². The number of nitrogens with zero attached hydrogens (tertiary/aromatic N) is 3. The molecule has 2 atom stereocenters. The van der Waals surface area contributed by atoms with Gasteiger partial charge in [0.05, 0.1) is 5.25 Å². The first-order chi connectivity index (χ1) is 9.27. The van der Waals surface area contributed by atoms with Crippen LogP contribution in [0.2, 0.25) is 0 Å². The summed E-state index contributed by atoms with van der Waals surface area (Å²) in [6.07, 6.45) is 3.32. The molecule has 0 bridgehead atoms. The van der Waals surface area contributed by atoms with Gasteiger partial charge < -0.3 is 0 Å². The molecule has 2 aromatic rings. The Morgan fingerprint density at radius 1 is 1.11 bits per heavy atom. The number of benzene rings is 1. The SMILES string of the molecule is CC1SC(c2ccccc2)N(c2ncccn2)C1=O. The van der Waals surface area contributed by atoms with E-state index in [1.165, 1.54) is 0 Å². The molecule has 0 radical (unpaired) electrons. The first-order valence-corrected chi connectivity index (χ1v) is 7.02. The molecule has 5 heteroatoms. The Bertz CT molecular complexity index is 576. The van der Waals surface area contributed by atoms with E-state index in [4.69, 9.17) is 0 Å². The zero-order chi connectivity index (χ0) is 13.2. The fourth-order valence-electron chi connectivity index (χ4n) is 2.09. The third-order valence-electron chi connectivity index (χ3n) is 3.01. The summed E-state index contributed by atoms with van der Waals surface area (Å²) in [5.41, 5.74) is 1.10. The van der Waals surface area contributed by atoms with Crippen LogP contribution in [-0.2, 0) is 4.79 Å². The van der Waals surface area contributed by atoms with Gasteiger partial charge in [-0.1, -0.05) is 30.3 Å². The van der Waals surface area contributed by atoms with Gasteiger partial charge >= 0.3 is 0 Å². The third-order valence-corrected chi connectivity index (χ3v) is 4.36. The number of thioether (sulfide) groups is 1. The average molecular weight is 271 g/mol. The number of carbonyl (C=O) groups excluding carboxylic acids is 1. The molecule has 1 aliphatic heterocycles. The van der Waals surface area contributed by atoms with Crippen molar-refractivity contribution in [1.29, 1.82) is 0 Å². The van der Waals surface area contributed by atoms with Crippen molar-refractivity contribution in [2.45, 2.75) is 17.5 Å². The summed E-state index contributed by atoms with van der Waals surface area (Å²) < 4.78 is 0. The summed E-state index contributed by atoms with van der Waals surface area (Å²) >= 11 is 1.63. The van der Waals surface area contributed by atoms with Crippen LogP contribution in [-0.4, -0.2) is 21.1 Å². The summed E-state index contributed by atoms with van der Waals surface area (Å²) in [6.45, 7) is 1.92. The summed E-state index contributed by atoms with van der Waals surface area (Å²) in [4.78, 5) is 22.4. The Labute approximate surface area is 115 Å². The van der Waals surface area contributed by atoms with Crippen molar-refractivity contribution in [2.75, 3.05) is 4.90 Å². The van der Waals surface area contributed by atoms with Gasteiger partial charge in [-0.2, -0.15) is 0 Å². The number of anilines is 1. The monoisotopic (exact) mass is 271 g/mol. The zero-order valence-corrected chi connectivity index (χ0v) is 11.2. The van der Waals surface area contributed by atoms with E-state index in [2.05, 4.69) is 9.97 Å². The zero-order valence-electron chi connectivity index (χ0n) is 10.4. The highest BCUT2D eigenvalue weighted by molar-refractivity contribution is 8.01. The van der Waals surface area contributed by atoms with E-state index in [0.717, 1.165) is 5.56 Å². The van der Waals surface area contributed by atoms with Gasteiger partial charge in [0.2, 0.25) is 11.9 Å². The molecule has 0 aliphatic carbocycles. The second-order valence-corrected chi connectivity index (χ2v) is 5.72. The molecule has 1 saturated heterocycles. The molecule has 1 aromatic carbocycles. The van der Waals surface area contributed by atoms with Crippen LogP contribution in [0.15, 0.2) is 48.8 Å². The largest absolute Gasteiger partial charge is 0.273 e. The molecule has 96 valence electrons. The van der Waals surface area contributed by atoms with E-state index in [1.807, 2.05) is 37.3 Å². The Kier molecular flexibility index (Phi) is 3.21. The van der Waals surface area contributed by atoms with Crippen LogP contribution in [0.3, 0.4) is 0 Å². The number of aromatic nitrogens is 2. The second kappa shape index (κ2) is 5.01. The number of carbonyl (C=O) groups is 1. The van der Waals surface area contributed by atoms with Crippen LogP contribution in [0.1, 0.15) is 17.9 Å². The first kappa shape index (κ1) is 12.2. The van der Waals surface area contributed by atoms with Crippen LogP contribution in [0.4, 0.5) is 5.95 Å². The molecule has 2 heterocycles. The highest BCUT2D eigenvalue weighted by Gasteiger charge is 2.40. The maximum absolute atomic E-state index is 12.3. The number of hydrogen-bond acceptors (Lipinski definition) is 4.